The second-order valence-electron chi connectivity index (χ2n) is 3.68. The van der Waals surface area contributed by atoms with Crippen LogP contribution in [0.3, 0.4) is 0 Å². The van der Waals surface area contributed by atoms with E-state index in [-0.39, 0.29) is 11.4 Å². The zero-order valence-electron chi connectivity index (χ0n) is 9.89. The Hall–Kier alpha value is -2.08. The van der Waals surface area contributed by atoms with Crippen LogP contribution in [0.4, 0.5) is 5.69 Å². The minimum Gasteiger partial charge on any atom is -0.505 e. The van der Waals surface area contributed by atoms with Crippen molar-refractivity contribution in [2.75, 3.05) is 12.4 Å². The first-order valence-electron chi connectivity index (χ1n) is 5.25. The normalized spacial score (nSPS) is 10.3. The molecule has 2 rings (SSSR count). The molecule has 94 valence electrons. The Morgan fingerprint density at radius 2 is 2.17 bits per heavy atom. The van der Waals surface area contributed by atoms with E-state index < -0.39 is 5.97 Å². The lowest BCUT2D eigenvalue weighted by Crippen LogP contribution is -1.98. The lowest BCUT2D eigenvalue weighted by atomic mass is 10.2. The summed E-state index contributed by atoms with van der Waals surface area (Å²) in [6.07, 6.45) is 0. The summed E-state index contributed by atoms with van der Waals surface area (Å²) in [6, 6.07) is 5.22. The molecule has 18 heavy (non-hydrogen) atoms. The Morgan fingerprint density at radius 3 is 2.72 bits per heavy atom. The highest BCUT2D eigenvalue weighted by Gasteiger charge is 2.17. The quantitative estimate of drug-likeness (QED) is 0.742. The fourth-order valence-corrected chi connectivity index (χ4v) is 2.56. The van der Waals surface area contributed by atoms with Crippen LogP contribution in [-0.4, -0.2) is 28.2 Å². The molecule has 0 radical (unpaired) electrons. The van der Waals surface area contributed by atoms with Gasteiger partial charge in [0.1, 0.15) is 10.8 Å². The molecule has 0 bridgehead atoms. The molecule has 0 aliphatic carbocycles. The van der Waals surface area contributed by atoms with Crippen molar-refractivity contribution in [3.8, 4) is 16.3 Å². The highest BCUT2D eigenvalue weighted by molar-refractivity contribution is 7.15. The zero-order chi connectivity index (χ0) is 13.3. The van der Waals surface area contributed by atoms with Crippen molar-refractivity contribution >= 4 is 23.0 Å². The molecule has 5 nitrogen and oxygen atoms in total. The van der Waals surface area contributed by atoms with Crippen molar-refractivity contribution in [3.05, 3.63) is 28.8 Å². The summed E-state index contributed by atoms with van der Waals surface area (Å²) < 4.78 is 0. The predicted octanol–water partition coefficient (Wildman–Crippen LogP) is 2.56. The van der Waals surface area contributed by atoms with E-state index >= 15 is 0 Å². The summed E-state index contributed by atoms with van der Waals surface area (Å²) in [5.74, 6) is -0.982. The SMILES string of the molecule is CNc1cccc(-c2nc(C(=O)O)c(C)s2)c1O. The minimum absolute atomic E-state index is 0.0317. The number of rotatable bonds is 3. The average molecular weight is 264 g/mol. The van der Waals surface area contributed by atoms with E-state index in [1.165, 1.54) is 11.3 Å². The highest BCUT2D eigenvalue weighted by Crippen LogP contribution is 2.37. The van der Waals surface area contributed by atoms with E-state index in [1.54, 1.807) is 32.2 Å². The fraction of sp³-hybridized carbons (Fsp3) is 0.167. The summed E-state index contributed by atoms with van der Waals surface area (Å²) in [7, 11) is 1.70. The topological polar surface area (TPSA) is 82.5 Å². The summed E-state index contributed by atoms with van der Waals surface area (Å²) in [5.41, 5.74) is 1.14. The Balaban J connectivity index is 2.56. The molecule has 0 unspecified atom stereocenters. The first-order chi connectivity index (χ1) is 8.54. The van der Waals surface area contributed by atoms with Crippen molar-refractivity contribution in [2.24, 2.45) is 0 Å². The molecule has 0 aliphatic rings. The van der Waals surface area contributed by atoms with Crippen LogP contribution in [-0.2, 0) is 0 Å². The van der Waals surface area contributed by atoms with E-state index in [9.17, 15) is 9.90 Å². The lowest BCUT2D eigenvalue weighted by molar-refractivity contribution is 0.0690. The number of anilines is 1. The second-order valence-corrected chi connectivity index (χ2v) is 4.88. The number of aromatic hydroxyl groups is 1. The fourth-order valence-electron chi connectivity index (χ4n) is 1.63. The van der Waals surface area contributed by atoms with Crippen LogP contribution in [0.15, 0.2) is 18.2 Å². The Labute approximate surface area is 108 Å². The number of carbonyl (C=O) groups is 1. The van der Waals surface area contributed by atoms with Crippen molar-refractivity contribution in [3.63, 3.8) is 0 Å². The first kappa shape index (κ1) is 12.4. The van der Waals surface area contributed by atoms with Gasteiger partial charge in [0, 0.05) is 11.9 Å². The maximum Gasteiger partial charge on any atom is 0.355 e. The van der Waals surface area contributed by atoms with Crippen LogP contribution >= 0.6 is 11.3 Å². The number of phenols is 1. The second kappa shape index (κ2) is 4.66. The zero-order valence-corrected chi connectivity index (χ0v) is 10.7. The maximum atomic E-state index is 10.9. The molecular weight excluding hydrogens is 252 g/mol. The minimum atomic E-state index is -1.06. The Kier molecular flexibility index (Phi) is 3.20. The molecule has 1 heterocycles. The number of aromatic carboxylic acids is 1. The molecule has 0 fully saturated rings. The number of aromatic nitrogens is 1. The molecule has 1 aromatic heterocycles. The smallest absolute Gasteiger partial charge is 0.355 e. The van der Waals surface area contributed by atoms with Crippen LogP contribution in [0.1, 0.15) is 15.4 Å². The van der Waals surface area contributed by atoms with Crippen LogP contribution in [0.25, 0.3) is 10.6 Å². The van der Waals surface area contributed by atoms with Crippen molar-refractivity contribution in [1.82, 2.24) is 4.98 Å². The molecule has 0 saturated heterocycles. The van der Waals surface area contributed by atoms with Gasteiger partial charge >= 0.3 is 5.97 Å². The largest absolute Gasteiger partial charge is 0.505 e. The third-order valence-corrected chi connectivity index (χ3v) is 3.54. The average Bonchev–Trinajstić information content (AvgIpc) is 2.71. The molecule has 0 saturated carbocycles. The van der Waals surface area contributed by atoms with Gasteiger partial charge in [0.05, 0.1) is 11.3 Å². The molecule has 1 aromatic carbocycles. The maximum absolute atomic E-state index is 10.9. The van der Waals surface area contributed by atoms with E-state index in [2.05, 4.69) is 10.3 Å². The summed E-state index contributed by atoms with van der Waals surface area (Å²) in [5, 5.41) is 22.4. The van der Waals surface area contributed by atoms with E-state index in [1.807, 2.05) is 0 Å². The molecule has 0 aliphatic heterocycles. The number of carboxylic acids is 1. The molecular formula is C12H12N2O3S. The van der Waals surface area contributed by atoms with Gasteiger partial charge < -0.3 is 15.5 Å². The van der Waals surface area contributed by atoms with Gasteiger partial charge in [-0.2, -0.15) is 0 Å². The Bertz CT molecular complexity index is 607. The summed E-state index contributed by atoms with van der Waals surface area (Å²) in [6.45, 7) is 1.70. The number of para-hydroxylation sites is 1. The van der Waals surface area contributed by atoms with E-state index in [4.69, 9.17) is 5.11 Å². The number of nitrogens with one attached hydrogen (secondary N) is 1. The predicted molar refractivity (Wildman–Crippen MR) is 70.5 cm³/mol. The standard InChI is InChI=1S/C12H12N2O3S/c1-6-9(12(16)17)14-11(18-6)7-4-3-5-8(13-2)10(7)15/h3-5,13,15H,1-2H3,(H,16,17). The number of nitrogens with zero attached hydrogens (tertiary/aromatic N) is 1. The van der Waals surface area contributed by atoms with Crippen LogP contribution in [0.5, 0.6) is 5.75 Å². The van der Waals surface area contributed by atoms with Crippen molar-refractivity contribution in [2.45, 2.75) is 6.92 Å². The van der Waals surface area contributed by atoms with Gasteiger partial charge in [-0.3, -0.25) is 0 Å². The van der Waals surface area contributed by atoms with Crippen LogP contribution in [0, 0.1) is 6.92 Å². The Morgan fingerprint density at radius 1 is 1.44 bits per heavy atom. The lowest BCUT2D eigenvalue weighted by Gasteiger charge is -2.06. The number of benzene rings is 1. The number of carboxylic acid groups (broad SMARTS) is 1. The molecule has 3 N–H and O–H groups in total. The van der Waals surface area contributed by atoms with Crippen molar-refractivity contribution < 1.29 is 15.0 Å². The van der Waals surface area contributed by atoms with Gasteiger partial charge in [-0.15, -0.1) is 11.3 Å². The van der Waals surface area contributed by atoms with Gasteiger partial charge in [-0.05, 0) is 19.1 Å². The van der Waals surface area contributed by atoms with Gasteiger partial charge in [-0.25, -0.2) is 9.78 Å². The summed E-state index contributed by atoms with van der Waals surface area (Å²) >= 11 is 1.25. The third-order valence-electron chi connectivity index (χ3n) is 2.53. The highest BCUT2D eigenvalue weighted by atomic mass is 32.1. The monoisotopic (exact) mass is 264 g/mol. The molecule has 0 atom stereocenters. The number of aryl methyl sites for hydroxylation is 1. The molecule has 6 heteroatoms. The number of thiazole rings is 1. The first-order valence-corrected chi connectivity index (χ1v) is 6.07. The number of hydrogen-bond acceptors (Lipinski definition) is 5. The van der Waals surface area contributed by atoms with Crippen LogP contribution < -0.4 is 5.32 Å². The summed E-state index contributed by atoms with van der Waals surface area (Å²) in [4.78, 5) is 15.6. The van der Waals surface area contributed by atoms with Crippen molar-refractivity contribution in [1.29, 1.82) is 0 Å². The third kappa shape index (κ3) is 2.02. The van der Waals surface area contributed by atoms with E-state index in [0.717, 1.165) is 0 Å². The van der Waals surface area contributed by atoms with Gasteiger partial charge in [0.25, 0.3) is 0 Å². The number of hydrogen-bond donors (Lipinski definition) is 3. The molecule has 2 aromatic rings. The van der Waals surface area contributed by atoms with Crippen LogP contribution in [0.2, 0.25) is 0 Å². The number of phenolic OH excluding ortho intramolecular Hbond substituents is 1. The van der Waals surface area contributed by atoms with E-state index in [0.29, 0.717) is 21.1 Å². The molecule has 0 spiro atoms. The van der Waals surface area contributed by atoms with Gasteiger partial charge in [0.15, 0.2) is 5.69 Å². The van der Waals surface area contributed by atoms with Gasteiger partial charge in [0.2, 0.25) is 0 Å². The van der Waals surface area contributed by atoms with Gasteiger partial charge in [-0.1, -0.05) is 6.07 Å². The molecule has 0 amide bonds.